The molecule has 0 spiro atoms. The highest BCUT2D eigenvalue weighted by molar-refractivity contribution is 6.05. The lowest BCUT2D eigenvalue weighted by Gasteiger charge is -2.42. The van der Waals surface area contributed by atoms with Gasteiger partial charge in [-0.1, -0.05) is 18.2 Å². The third-order valence-corrected chi connectivity index (χ3v) is 15.6. The first-order valence-corrected chi connectivity index (χ1v) is 25.0. The third kappa shape index (κ3) is 9.45. The molecule has 1 unspecified atom stereocenters. The van der Waals surface area contributed by atoms with E-state index in [0.717, 1.165) is 162 Å². The number of fused-ring (bicyclic) bond motifs is 2. The monoisotopic (exact) mass is 934 g/mol. The van der Waals surface area contributed by atoms with Crippen molar-refractivity contribution in [2.24, 2.45) is 11.8 Å². The van der Waals surface area contributed by atoms with E-state index in [4.69, 9.17) is 15.6 Å². The molecule has 1 atom stereocenters. The van der Waals surface area contributed by atoms with Crippen molar-refractivity contribution in [3.8, 4) is 22.8 Å². The van der Waals surface area contributed by atoms with Crippen molar-refractivity contribution in [1.29, 1.82) is 0 Å². The molecule has 3 N–H and O–H groups in total. The fraction of sp³-hybridized carbons (Fsp3) is 0.481. The Morgan fingerprint density at radius 3 is 2.03 bits per heavy atom. The second-order valence-corrected chi connectivity index (χ2v) is 19.9. The Bertz CT molecular complexity index is 2680. The highest BCUT2D eigenvalue weighted by atomic mass is 16.5. The molecule has 0 bridgehead atoms. The summed E-state index contributed by atoms with van der Waals surface area (Å²) in [6, 6.07) is 23.5. The number of benzene rings is 3. The summed E-state index contributed by atoms with van der Waals surface area (Å²) in [5, 5.41) is 8.30. The smallest absolute Gasteiger partial charge is 0.319 e. The number of hydrogen-bond donors (Lipinski definition) is 2. The van der Waals surface area contributed by atoms with Gasteiger partial charge in [-0.25, -0.2) is 19.4 Å². The molecule has 11 rings (SSSR count). The number of carbonyl (C=O) groups is 4. The van der Waals surface area contributed by atoms with Gasteiger partial charge < -0.3 is 35.0 Å². The van der Waals surface area contributed by atoms with E-state index >= 15 is 0 Å². The zero-order valence-electron chi connectivity index (χ0n) is 39.3. The topological polar surface area (TPSA) is 179 Å². The summed E-state index contributed by atoms with van der Waals surface area (Å²) < 4.78 is 8.10. The molecule has 5 saturated heterocycles. The molecule has 5 amide bonds. The van der Waals surface area contributed by atoms with Crippen molar-refractivity contribution in [1.82, 2.24) is 49.6 Å². The van der Waals surface area contributed by atoms with Crippen molar-refractivity contribution >= 4 is 46.3 Å². The maximum atomic E-state index is 13.7. The predicted molar refractivity (Wildman–Crippen MR) is 262 cm³/mol. The number of para-hydroxylation sites is 1. The first kappa shape index (κ1) is 44.9. The van der Waals surface area contributed by atoms with Crippen LogP contribution in [0.3, 0.4) is 0 Å². The number of urea groups is 1. The number of aromatic nitrogens is 4. The van der Waals surface area contributed by atoms with E-state index in [9.17, 15) is 19.2 Å². The summed E-state index contributed by atoms with van der Waals surface area (Å²) in [6.07, 6.45) is 8.25. The van der Waals surface area contributed by atoms with Gasteiger partial charge in [-0.2, -0.15) is 5.10 Å². The number of carbonyl (C=O) groups excluding carboxylic acids is 4. The van der Waals surface area contributed by atoms with Gasteiger partial charge in [-0.15, -0.1) is 0 Å². The van der Waals surface area contributed by atoms with Crippen LogP contribution in [0.5, 0.6) is 11.5 Å². The highest BCUT2D eigenvalue weighted by Gasteiger charge is 2.40. The number of nitrogens with zero attached hydrogens (tertiary/aromatic N) is 10. The van der Waals surface area contributed by atoms with Crippen LogP contribution >= 0.6 is 0 Å². The summed E-state index contributed by atoms with van der Waals surface area (Å²) in [6.45, 7) is 11.5. The molecule has 5 fully saturated rings. The van der Waals surface area contributed by atoms with Gasteiger partial charge in [-0.3, -0.25) is 24.6 Å². The van der Waals surface area contributed by atoms with Crippen LogP contribution in [0.25, 0.3) is 22.3 Å². The van der Waals surface area contributed by atoms with Crippen LogP contribution in [0, 0.1) is 11.8 Å². The minimum absolute atomic E-state index is 0.137. The van der Waals surface area contributed by atoms with E-state index in [1.165, 1.54) is 6.33 Å². The molecular weight excluding hydrogens is 873 g/mol. The van der Waals surface area contributed by atoms with Crippen molar-refractivity contribution in [2.75, 3.05) is 89.2 Å². The van der Waals surface area contributed by atoms with Crippen LogP contribution < -0.4 is 20.7 Å². The van der Waals surface area contributed by atoms with E-state index in [2.05, 4.69) is 50.5 Å². The Kier molecular flexibility index (Phi) is 12.6. The lowest BCUT2D eigenvalue weighted by Crippen LogP contribution is -2.52. The maximum absolute atomic E-state index is 13.7. The Balaban J connectivity index is 0.602. The van der Waals surface area contributed by atoms with Crippen molar-refractivity contribution in [3.05, 3.63) is 90.3 Å². The Hall–Kier alpha value is -6.59. The minimum atomic E-state index is -0.603. The van der Waals surface area contributed by atoms with Crippen molar-refractivity contribution in [2.45, 2.75) is 70.0 Å². The number of nitrogens with two attached hydrogens (primary N) is 1. The molecule has 3 aromatic carbocycles. The Labute approximate surface area is 402 Å². The molecule has 5 aromatic rings. The number of imide groups is 1. The van der Waals surface area contributed by atoms with E-state index < -0.39 is 6.04 Å². The number of piperidine rings is 4. The van der Waals surface area contributed by atoms with Gasteiger partial charge in [0, 0.05) is 108 Å². The number of likely N-dealkylation sites (tertiary alicyclic amines) is 3. The summed E-state index contributed by atoms with van der Waals surface area (Å²) in [5.74, 6) is 2.33. The molecule has 0 aliphatic carbocycles. The molecule has 6 aliphatic heterocycles. The molecule has 17 nitrogen and oxygen atoms in total. The van der Waals surface area contributed by atoms with Gasteiger partial charge in [0.15, 0.2) is 5.65 Å². The number of amides is 5. The number of hydrogen-bond acceptors (Lipinski definition) is 12. The number of ether oxygens (including phenoxy) is 1. The summed E-state index contributed by atoms with van der Waals surface area (Å²) in [7, 11) is 0. The zero-order chi connectivity index (χ0) is 47.0. The van der Waals surface area contributed by atoms with E-state index in [0.29, 0.717) is 36.2 Å². The van der Waals surface area contributed by atoms with Gasteiger partial charge in [0.1, 0.15) is 35.4 Å². The number of anilines is 2. The molecular formula is C52H62N12O5. The average molecular weight is 935 g/mol. The van der Waals surface area contributed by atoms with Crippen LogP contribution in [0.1, 0.15) is 73.3 Å². The summed E-state index contributed by atoms with van der Waals surface area (Å²) >= 11 is 0. The molecule has 2 aromatic heterocycles. The molecule has 6 aliphatic rings. The molecule has 8 heterocycles. The first-order chi connectivity index (χ1) is 33.7. The van der Waals surface area contributed by atoms with Gasteiger partial charge in [0.2, 0.25) is 11.8 Å². The van der Waals surface area contributed by atoms with Crippen LogP contribution in [-0.2, 0) is 16.1 Å². The van der Waals surface area contributed by atoms with E-state index in [1.54, 1.807) is 4.90 Å². The van der Waals surface area contributed by atoms with Crippen molar-refractivity contribution in [3.63, 3.8) is 0 Å². The lowest BCUT2D eigenvalue weighted by atomic mass is 9.94. The van der Waals surface area contributed by atoms with Gasteiger partial charge in [-0.05, 0) is 117 Å². The van der Waals surface area contributed by atoms with Crippen LogP contribution in [-0.4, -0.2) is 153 Å². The fourth-order valence-electron chi connectivity index (χ4n) is 11.6. The molecule has 0 radical (unpaired) electrons. The largest absolute Gasteiger partial charge is 0.457 e. The lowest BCUT2D eigenvalue weighted by molar-refractivity contribution is -0.136. The number of nitrogens with one attached hydrogen (secondary N) is 1. The molecule has 17 heteroatoms. The quantitative estimate of drug-likeness (QED) is 0.165. The zero-order valence-corrected chi connectivity index (χ0v) is 39.3. The fourth-order valence-corrected chi connectivity index (χ4v) is 11.6. The van der Waals surface area contributed by atoms with E-state index in [-0.39, 0.29) is 36.2 Å². The average Bonchev–Trinajstić information content (AvgIpc) is 3.93. The van der Waals surface area contributed by atoms with Crippen LogP contribution in [0.2, 0.25) is 0 Å². The normalized spacial score (nSPS) is 21.6. The van der Waals surface area contributed by atoms with Gasteiger partial charge >= 0.3 is 6.03 Å². The summed E-state index contributed by atoms with van der Waals surface area (Å²) in [4.78, 5) is 73.5. The first-order valence-electron chi connectivity index (χ1n) is 25.0. The molecule has 0 saturated carbocycles. The highest BCUT2D eigenvalue weighted by Crippen LogP contribution is 2.36. The third-order valence-electron chi connectivity index (χ3n) is 15.6. The Morgan fingerprint density at radius 2 is 1.36 bits per heavy atom. The predicted octanol–water partition coefficient (Wildman–Crippen LogP) is 5.63. The van der Waals surface area contributed by atoms with Crippen LogP contribution in [0.4, 0.5) is 16.3 Å². The standard InChI is InChI=1S/C52H62N12O5/c53-48-46-47(37-6-9-42(10-7-37)69-41-4-2-1-3-5-41)57-64(49(46)55-34-54-48)39-18-20-58(21-19-39)31-35-14-22-61(23-15-35)52(68)62-24-16-36(17-25-62)32-59-26-28-60(29-27-59)40-8-11-43-38(30-40)33-63(51(43)67)44-12-13-45(65)56-50(44)66/h1-11,30,34-36,39,44H,12-29,31-33H2,(H2,53,54,55)(H,56,65,66). The second kappa shape index (κ2) is 19.4. The number of nitrogen functional groups attached to an aromatic ring is 1. The van der Waals surface area contributed by atoms with E-state index in [1.807, 2.05) is 66.7 Å². The van der Waals surface area contributed by atoms with Crippen LogP contribution in [0.15, 0.2) is 79.1 Å². The van der Waals surface area contributed by atoms with Gasteiger partial charge in [0.05, 0.1) is 11.4 Å². The maximum Gasteiger partial charge on any atom is 0.319 e. The van der Waals surface area contributed by atoms with Crippen molar-refractivity contribution < 1.29 is 23.9 Å². The molecule has 360 valence electrons. The number of rotatable bonds is 10. The SMILES string of the molecule is Nc1ncnc2c1c(-c1ccc(Oc3ccccc3)cc1)nn2C1CCN(CC2CCN(C(=O)N3CCC(CN4CCN(c5ccc6c(c5)CN(C5CCC(=O)NC5=O)C6=O)CC4)CC3)CC2)CC1. The minimum Gasteiger partial charge on any atom is -0.457 e. The Morgan fingerprint density at radius 1 is 0.710 bits per heavy atom. The second-order valence-electron chi connectivity index (χ2n) is 19.9. The number of piperazine rings is 1. The molecule has 69 heavy (non-hydrogen) atoms. The summed E-state index contributed by atoms with van der Waals surface area (Å²) in [5.41, 5.74) is 11.7. The van der Waals surface area contributed by atoms with Gasteiger partial charge in [0.25, 0.3) is 5.91 Å².